The fourth-order valence-electron chi connectivity index (χ4n) is 7.44. The Hall–Kier alpha value is -5.17. The Morgan fingerprint density at radius 1 is 0.581 bits per heavy atom. The van der Waals surface area contributed by atoms with Gasteiger partial charge in [-0.25, -0.2) is 4.85 Å². The van der Waals surface area contributed by atoms with Gasteiger partial charge in [-0.3, -0.25) is 0 Å². The van der Waals surface area contributed by atoms with E-state index in [-0.39, 0.29) is 5.41 Å². The quantitative estimate of drug-likeness (QED) is 0.184. The largest absolute Gasteiger partial charge is 0.309 e. The first-order chi connectivity index (χ1) is 21.1. The standard InChI is InChI=1S/C40H26N2S/c1-40(2)32-16-7-4-13-30(32)37-33(40)21-20-29-27-14-10-15-28(38(27)43-39(29)37)31-23-24(41-3)19-22-36(31)42-34-17-8-5-11-25(34)26-12-6-9-18-35(26)42/h4-23H,1-2H3. The number of nitrogens with zero attached hydrogens (tertiary/aromatic N) is 2. The van der Waals surface area contributed by atoms with Gasteiger partial charge in [0.05, 0.1) is 23.3 Å². The zero-order chi connectivity index (χ0) is 28.9. The Bertz CT molecular complexity index is 2450. The van der Waals surface area contributed by atoms with E-state index < -0.39 is 0 Å². The molecule has 1 aliphatic rings. The van der Waals surface area contributed by atoms with Crippen LogP contribution in [0.2, 0.25) is 0 Å². The maximum Gasteiger partial charge on any atom is 0.188 e. The Labute approximate surface area is 253 Å². The van der Waals surface area contributed by atoms with Crippen LogP contribution >= 0.6 is 11.3 Å². The van der Waals surface area contributed by atoms with Gasteiger partial charge in [0.1, 0.15) is 0 Å². The van der Waals surface area contributed by atoms with Crippen LogP contribution in [0.15, 0.2) is 121 Å². The summed E-state index contributed by atoms with van der Waals surface area (Å²) in [6, 6.07) is 43.6. The van der Waals surface area contributed by atoms with Gasteiger partial charge in [0, 0.05) is 47.5 Å². The highest BCUT2D eigenvalue weighted by molar-refractivity contribution is 7.27. The molecule has 9 rings (SSSR count). The number of rotatable bonds is 2. The molecule has 0 bridgehead atoms. The fraction of sp³-hybridized carbons (Fsp3) is 0.0750. The highest BCUT2D eigenvalue weighted by atomic mass is 32.1. The number of hydrogen-bond acceptors (Lipinski definition) is 1. The number of benzene rings is 6. The minimum Gasteiger partial charge on any atom is -0.309 e. The molecule has 0 aliphatic heterocycles. The average molecular weight is 567 g/mol. The lowest BCUT2D eigenvalue weighted by Gasteiger charge is -2.21. The summed E-state index contributed by atoms with van der Waals surface area (Å²) in [7, 11) is 0. The van der Waals surface area contributed by atoms with Crippen molar-refractivity contribution in [3.05, 3.63) is 144 Å². The molecule has 0 saturated heterocycles. The smallest absolute Gasteiger partial charge is 0.188 e. The first-order valence-electron chi connectivity index (χ1n) is 14.7. The first kappa shape index (κ1) is 24.4. The molecular weight excluding hydrogens is 541 g/mol. The summed E-state index contributed by atoms with van der Waals surface area (Å²) in [5, 5.41) is 5.03. The number of fused-ring (bicyclic) bond motifs is 10. The minimum atomic E-state index is -0.0349. The third-order valence-electron chi connectivity index (χ3n) is 9.43. The summed E-state index contributed by atoms with van der Waals surface area (Å²) in [5.74, 6) is 0. The normalized spacial score (nSPS) is 13.5. The van der Waals surface area contributed by atoms with E-state index in [1.165, 1.54) is 69.8 Å². The van der Waals surface area contributed by atoms with Crippen molar-refractivity contribution in [2.45, 2.75) is 19.3 Å². The van der Waals surface area contributed by atoms with Crippen LogP contribution in [0.5, 0.6) is 0 Å². The molecule has 8 aromatic rings. The van der Waals surface area contributed by atoms with Gasteiger partial charge in [-0.15, -0.1) is 11.3 Å². The molecular formula is C40H26N2S. The molecule has 0 N–H and O–H groups in total. The van der Waals surface area contributed by atoms with Crippen molar-refractivity contribution in [2.24, 2.45) is 0 Å². The molecule has 43 heavy (non-hydrogen) atoms. The van der Waals surface area contributed by atoms with E-state index in [0.717, 1.165) is 11.3 Å². The van der Waals surface area contributed by atoms with Gasteiger partial charge < -0.3 is 4.57 Å². The summed E-state index contributed by atoms with van der Waals surface area (Å²) in [6.45, 7) is 12.6. The van der Waals surface area contributed by atoms with Gasteiger partial charge in [0.25, 0.3) is 0 Å². The van der Waals surface area contributed by atoms with Crippen molar-refractivity contribution in [2.75, 3.05) is 0 Å². The van der Waals surface area contributed by atoms with Crippen molar-refractivity contribution >= 4 is 59.0 Å². The van der Waals surface area contributed by atoms with Crippen molar-refractivity contribution in [1.29, 1.82) is 0 Å². The minimum absolute atomic E-state index is 0.0349. The highest BCUT2D eigenvalue weighted by Crippen LogP contribution is 2.54. The van der Waals surface area contributed by atoms with Crippen LogP contribution in [-0.2, 0) is 5.41 Å². The van der Waals surface area contributed by atoms with E-state index in [2.05, 4.69) is 139 Å². The van der Waals surface area contributed by atoms with Crippen LogP contribution < -0.4 is 0 Å². The van der Waals surface area contributed by atoms with E-state index in [0.29, 0.717) is 5.69 Å². The fourth-order valence-corrected chi connectivity index (χ4v) is 8.83. The maximum absolute atomic E-state index is 7.87. The van der Waals surface area contributed by atoms with E-state index in [1.54, 1.807) is 0 Å². The van der Waals surface area contributed by atoms with Gasteiger partial charge in [-0.2, -0.15) is 0 Å². The van der Waals surface area contributed by atoms with E-state index >= 15 is 0 Å². The molecule has 2 nitrogen and oxygen atoms in total. The monoisotopic (exact) mass is 566 g/mol. The molecule has 3 heteroatoms. The Morgan fingerprint density at radius 3 is 2.00 bits per heavy atom. The molecule has 2 heterocycles. The number of thiophene rings is 1. The molecule has 6 aromatic carbocycles. The molecule has 2 aromatic heterocycles. The van der Waals surface area contributed by atoms with Gasteiger partial charge in [-0.05, 0) is 46.5 Å². The third kappa shape index (κ3) is 3.22. The second-order valence-electron chi connectivity index (χ2n) is 12.0. The van der Waals surface area contributed by atoms with Gasteiger partial charge in [-0.1, -0.05) is 111 Å². The van der Waals surface area contributed by atoms with Gasteiger partial charge in [0.15, 0.2) is 5.69 Å². The topological polar surface area (TPSA) is 9.29 Å². The number of para-hydroxylation sites is 2. The predicted octanol–water partition coefficient (Wildman–Crippen LogP) is 11.7. The summed E-state index contributed by atoms with van der Waals surface area (Å²) in [5.41, 5.74) is 11.8. The lowest BCUT2D eigenvalue weighted by Crippen LogP contribution is -2.14. The second-order valence-corrected chi connectivity index (χ2v) is 13.0. The van der Waals surface area contributed by atoms with Crippen molar-refractivity contribution in [1.82, 2.24) is 4.57 Å². The SMILES string of the molecule is [C-]#[N+]c1ccc(-n2c3ccccc3c3ccccc32)c(-c2cccc3c2sc2c4c(ccc23)C(C)(C)c2ccccc2-4)c1. The van der Waals surface area contributed by atoms with Gasteiger partial charge >= 0.3 is 0 Å². The molecule has 0 amide bonds. The zero-order valence-electron chi connectivity index (χ0n) is 23.8. The molecule has 0 atom stereocenters. The number of hydrogen-bond donors (Lipinski definition) is 0. The van der Waals surface area contributed by atoms with Crippen LogP contribution in [0, 0.1) is 6.57 Å². The Morgan fingerprint density at radius 2 is 1.23 bits per heavy atom. The van der Waals surface area contributed by atoms with Crippen LogP contribution in [0.1, 0.15) is 25.0 Å². The summed E-state index contributed by atoms with van der Waals surface area (Å²) in [4.78, 5) is 3.86. The van der Waals surface area contributed by atoms with E-state index in [4.69, 9.17) is 6.57 Å². The van der Waals surface area contributed by atoms with Gasteiger partial charge in [0.2, 0.25) is 0 Å². The summed E-state index contributed by atoms with van der Waals surface area (Å²) >= 11 is 1.89. The average Bonchev–Trinajstić information content (AvgIpc) is 3.67. The maximum atomic E-state index is 7.87. The molecule has 0 saturated carbocycles. The highest BCUT2D eigenvalue weighted by Gasteiger charge is 2.36. The van der Waals surface area contributed by atoms with Crippen LogP contribution in [0.4, 0.5) is 5.69 Å². The van der Waals surface area contributed by atoms with E-state index in [1.807, 2.05) is 17.4 Å². The van der Waals surface area contributed by atoms with E-state index in [9.17, 15) is 0 Å². The zero-order valence-corrected chi connectivity index (χ0v) is 24.7. The predicted molar refractivity (Wildman–Crippen MR) is 183 cm³/mol. The molecule has 0 unspecified atom stereocenters. The molecule has 0 radical (unpaired) electrons. The van der Waals surface area contributed by atoms with Crippen LogP contribution in [0.25, 0.3) is 74.8 Å². The Balaban J connectivity index is 1.38. The number of aromatic nitrogens is 1. The molecule has 0 fully saturated rings. The van der Waals surface area contributed by atoms with Crippen molar-refractivity contribution in [3.63, 3.8) is 0 Å². The second kappa shape index (κ2) is 8.67. The molecule has 0 spiro atoms. The summed E-state index contributed by atoms with van der Waals surface area (Å²) < 4.78 is 4.98. The van der Waals surface area contributed by atoms with Crippen molar-refractivity contribution in [3.8, 4) is 27.9 Å². The lowest BCUT2D eigenvalue weighted by atomic mass is 9.82. The Kier molecular flexibility index (Phi) is 4.93. The lowest BCUT2D eigenvalue weighted by molar-refractivity contribution is 0.661. The van der Waals surface area contributed by atoms with Crippen molar-refractivity contribution < 1.29 is 0 Å². The third-order valence-corrected chi connectivity index (χ3v) is 10.7. The van der Waals surface area contributed by atoms with Crippen LogP contribution in [-0.4, -0.2) is 4.57 Å². The summed E-state index contributed by atoms with van der Waals surface area (Å²) in [6.07, 6.45) is 0. The molecule has 202 valence electrons. The first-order valence-corrected chi connectivity index (χ1v) is 15.5. The van der Waals surface area contributed by atoms with Crippen LogP contribution in [0.3, 0.4) is 0 Å². The molecule has 1 aliphatic carbocycles.